The van der Waals surface area contributed by atoms with Crippen LogP contribution in [0.5, 0.6) is 0 Å². The lowest BCUT2D eigenvalue weighted by atomic mass is 10.2. The van der Waals surface area contributed by atoms with Crippen LogP contribution in [0.15, 0.2) is 41.8 Å². The van der Waals surface area contributed by atoms with E-state index in [2.05, 4.69) is 20.4 Å². The monoisotopic (exact) mass is 387 g/mol. The molecule has 0 saturated carbocycles. The molecule has 3 heterocycles. The second-order valence-electron chi connectivity index (χ2n) is 6.18. The first kappa shape index (κ1) is 17.9. The number of carbonyl (C=O) groups is 1. The number of fused-ring (bicyclic) bond motifs is 1. The number of benzene rings is 1. The average molecular weight is 387 g/mol. The molecule has 1 amide bonds. The van der Waals surface area contributed by atoms with Crippen molar-refractivity contribution < 1.29 is 13.9 Å². The number of hydrogen-bond donors (Lipinski definition) is 1. The summed E-state index contributed by atoms with van der Waals surface area (Å²) in [5, 5.41) is 8.66. The van der Waals surface area contributed by atoms with Crippen LogP contribution in [-0.4, -0.2) is 50.7 Å². The van der Waals surface area contributed by atoms with Gasteiger partial charge in [-0.1, -0.05) is 11.8 Å². The first-order valence-electron chi connectivity index (χ1n) is 8.66. The number of thioether (sulfide) groups is 1. The Kier molecular flexibility index (Phi) is 5.30. The summed E-state index contributed by atoms with van der Waals surface area (Å²) in [7, 11) is 0. The van der Waals surface area contributed by atoms with Crippen molar-refractivity contribution in [2.45, 2.75) is 24.0 Å². The van der Waals surface area contributed by atoms with Gasteiger partial charge in [0.15, 0.2) is 5.65 Å². The number of carbonyl (C=O) groups excluding carboxylic acids is 1. The quantitative estimate of drug-likeness (QED) is 0.516. The van der Waals surface area contributed by atoms with Crippen molar-refractivity contribution in [2.24, 2.45) is 0 Å². The lowest BCUT2D eigenvalue weighted by molar-refractivity contribution is -0.119. The minimum Gasteiger partial charge on any atom is -0.376 e. The van der Waals surface area contributed by atoms with Crippen molar-refractivity contribution in [1.29, 1.82) is 0 Å². The zero-order chi connectivity index (χ0) is 18.6. The van der Waals surface area contributed by atoms with E-state index >= 15 is 0 Å². The van der Waals surface area contributed by atoms with Gasteiger partial charge in [0.25, 0.3) is 0 Å². The molecule has 1 aromatic carbocycles. The van der Waals surface area contributed by atoms with E-state index < -0.39 is 0 Å². The Hall–Kier alpha value is -2.52. The van der Waals surface area contributed by atoms with Gasteiger partial charge in [0.2, 0.25) is 5.91 Å². The third kappa shape index (κ3) is 4.09. The number of amides is 1. The van der Waals surface area contributed by atoms with Crippen LogP contribution in [0.3, 0.4) is 0 Å². The summed E-state index contributed by atoms with van der Waals surface area (Å²) in [6, 6.07) is 6.01. The summed E-state index contributed by atoms with van der Waals surface area (Å²) in [6.07, 6.45) is 5.26. The van der Waals surface area contributed by atoms with Crippen molar-refractivity contribution in [2.75, 3.05) is 18.9 Å². The second-order valence-corrected chi connectivity index (χ2v) is 7.14. The molecule has 1 atom stereocenters. The van der Waals surface area contributed by atoms with Gasteiger partial charge >= 0.3 is 0 Å². The maximum Gasteiger partial charge on any atom is 0.230 e. The van der Waals surface area contributed by atoms with Crippen molar-refractivity contribution in [1.82, 2.24) is 25.1 Å². The maximum atomic E-state index is 13.1. The van der Waals surface area contributed by atoms with Crippen molar-refractivity contribution in [3.8, 4) is 5.69 Å². The molecule has 4 rings (SSSR count). The Labute approximate surface area is 159 Å². The molecule has 1 aliphatic rings. The maximum absolute atomic E-state index is 13.1. The second kappa shape index (κ2) is 8.01. The number of aromatic nitrogens is 4. The molecular weight excluding hydrogens is 369 g/mol. The highest BCUT2D eigenvalue weighted by atomic mass is 32.2. The summed E-state index contributed by atoms with van der Waals surface area (Å²) >= 11 is 1.33. The molecule has 1 aliphatic heterocycles. The molecule has 1 saturated heterocycles. The smallest absolute Gasteiger partial charge is 0.230 e. The molecule has 1 N–H and O–H groups in total. The molecule has 9 heteroatoms. The molecule has 3 aromatic rings. The van der Waals surface area contributed by atoms with Crippen LogP contribution in [-0.2, 0) is 9.53 Å². The summed E-state index contributed by atoms with van der Waals surface area (Å²) in [5.74, 6) is -0.121. The number of rotatable bonds is 6. The predicted molar refractivity (Wildman–Crippen MR) is 99.3 cm³/mol. The van der Waals surface area contributed by atoms with Gasteiger partial charge in [0, 0.05) is 13.2 Å². The standard InChI is InChI=1S/C18H18FN5O2S/c19-12-3-5-13(6-4-12)24-17-15(9-23-24)18(22-11-21-17)27-10-16(25)20-8-14-2-1-7-26-14/h3-6,9,11,14H,1-2,7-8,10H2,(H,20,25)/t14-/m0/s1. The highest BCUT2D eigenvalue weighted by Gasteiger charge is 2.17. The fraction of sp³-hybridized carbons (Fsp3) is 0.333. The third-order valence-corrected chi connectivity index (χ3v) is 5.30. The van der Waals surface area contributed by atoms with Gasteiger partial charge < -0.3 is 10.1 Å². The normalized spacial score (nSPS) is 16.7. The van der Waals surface area contributed by atoms with Gasteiger partial charge in [-0.25, -0.2) is 19.0 Å². The molecule has 0 spiro atoms. The van der Waals surface area contributed by atoms with Crippen molar-refractivity contribution in [3.05, 3.63) is 42.6 Å². The number of nitrogens with zero attached hydrogens (tertiary/aromatic N) is 4. The van der Waals surface area contributed by atoms with Crippen LogP contribution in [0.1, 0.15) is 12.8 Å². The van der Waals surface area contributed by atoms with Crippen molar-refractivity contribution in [3.63, 3.8) is 0 Å². The SMILES string of the molecule is O=C(CSc1ncnc2c1cnn2-c1ccc(F)cc1)NC[C@@H]1CCCO1. The van der Waals surface area contributed by atoms with Crippen LogP contribution >= 0.6 is 11.8 Å². The van der Waals surface area contributed by atoms with Crippen LogP contribution in [0.25, 0.3) is 16.7 Å². The number of nitrogens with one attached hydrogen (secondary N) is 1. The first-order valence-corrected chi connectivity index (χ1v) is 9.65. The van der Waals surface area contributed by atoms with Gasteiger partial charge in [0.05, 0.1) is 29.1 Å². The Morgan fingerprint density at radius 1 is 1.33 bits per heavy atom. The summed E-state index contributed by atoms with van der Waals surface area (Å²) in [5.41, 5.74) is 1.31. The number of ether oxygens (including phenoxy) is 1. The number of hydrogen-bond acceptors (Lipinski definition) is 6. The van der Waals surface area contributed by atoms with Crippen LogP contribution < -0.4 is 5.32 Å². The topological polar surface area (TPSA) is 81.9 Å². The third-order valence-electron chi connectivity index (χ3n) is 4.29. The van der Waals surface area contributed by atoms with Crippen LogP contribution in [0.2, 0.25) is 0 Å². The lowest BCUT2D eigenvalue weighted by Gasteiger charge is -2.10. The zero-order valence-corrected chi connectivity index (χ0v) is 15.3. The van der Waals surface area contributed by atoms with E-state index in [0.717, 1.165) is 24.8 Å². The minimum atomic E-state index is -0.310. The molecule has 7 nitrogen and oxygen atoms in total. The molecule has 0 aliphatic carbocycles. The van der Waals surface area contributed by atoms with Gasteiger partial charge in [-0.15, -0.1) is 0 Å². The Morgan fingerprint density at radius 3 is 2.96 bits per heavy atom. The molecule has 140 valence electrons. The fourth-order valence-electron chi connectivity index (χ4n) is 2.93. The molecule has 0 radical (unpaired) electrons. The zero-order valence-electron chi connectivity index (χ0n) is 14.5. The van der Waals surface area contributed by atoms with Crippen LogP contribution in [0.4, 0.5) is 4.39 Å². The Bertz CT molecular complexity index is 941. The van der Waals surface area contributed by atoms with E-state index in [1.165, 1.54) is 30.2 Å². The molecule has 27 heavy (non-hydrogen) atoms. The van der Waals surface area contributed by atoms with Gasteiger partial charge in [0.1, 0.15) is 17.2 Å². The van der Waals surface area contributed by atoms with E-state index in [9.17, 15) is 9.18 Å². The first-order chi connectivity index (χ1) is 13.2. The minimum absolute atomic E-state index is 0.0619. The summed E-state index contributed by atoms with van der Waals surface area (Å²) in [4.78, 5) is 20.6. The van der Waals surface area contributed by atoms with E-state index in [0.29, 0.717) is 22.9 Å². The predicted octanol–water partition coefficient (Wildman–Crippen LogP) is 2.34. The molecule has 1 fully saturated rings. The summed E-state index contributed by atoms with van der Waals surface area (Å²) in [6.45, 7) is 1.31. The van der Waals surface area contributed by atoms with Gasteiger partial charge in [-0.3, -0.25) is 4.79 Å². The fourth-order valence-corrected chi connectivity index (χ4v) is 3.72. The van der Waals surface area contributed by atoms with Crippen molar-refractivity contribution >= 4 is 28.7 Å². The number of halogens is 1. The van der Waals surface area contributed by atoms with Crippen LogP contribution in [0, 0.1) is 5.82 Å². The molecule has 2 aromatic heterocycles. The lowest BCUT2D eigenvalue weighted by Crippen LogP contribution is -2.32. The highest BCUT2D eigenvalue weighted by Crippen LogP contribution is 2.25. The molecule has 0 bridgehead atoms. The van der Waals surface area contributed by atoms with E-state index in [-0.39, 0.29) is 23.6 Å². The largest absolute Gasteiger partial charge is 0.376 e. The van der Waals surface area contributed by atoms with E-state index in [1.54, 1.807) is 23.0 Å². The Morgan fingerprint density at radius 2 is 2.19 bits per heavy atom. The summed E-state index contributed by atoms with van der Waals surface area (Å²) < 4.78 is 20.3. The molecule has 0 unspecified atom stereocenters. The average Bonchev–Trinajstić information content (AvgIpc) is 3.35. The Balaban J connectivity index is 1.44. The highest BCUT2D eigenvalue weighted by molar-refractivity contribution is 8.00. The van der Waals surface area contributed by atoms with E-state index in [4.69, 9.17) is 4.74 Å². The van der Waals surface area contributed by atoms with Gasteiger partial charge in [-0.05, 0) is 37.1 Å². The van der Waals surface area contributed by atoms with E-state index in [1.807, 2.05) is 0 Å². The molecular formula is C18H18FN5O2S. The van der Waals surface area contributed by atoms with Gasteiger partial charge in [-0.2, -0.15) is 5.10 Å².